The number of carbonyl (C=O) groups is 2. The fourth-order valence-electron chi connectivity index (χ4n) is 1.28. The lowest BCUT2D eigenvalue weighted by Crippen LogP contribution is -2.41. The Morgan fingerprint density at radius 3 is 2.21 bits per heavy atom. The van der Waals surface area contributed by atoms with Crippen LogP contribution in [0.1, 0.15) is 20.9 Å². The molecule has 1 heterocycles. The van der Waals surface area contributed by atoms with Gasteiger partial charge in [-0.2, -0.15) is 0 Å². The maximum atomic E-state index is 12.7. The average Bonchev–Trinajstić information content (AvgIpc) is 2.83. The van der Waals surface area contributed by atoms with Crippen molar-refractivity contribution in [3.05, 3.63) is 58.2 Å². The summed E-state index contributed by atoms with van der Waals surface area (Å²) in [5.41, 5.74) is 4.59. The second-order valence-electron chi connectivity index (χ2n) is 3.52. The first kappa shape index (κ1) is 13.3. The van der Waals surface area contributed by atoms with Crippen LogP contribution in [0.4, 0.5) is 4.39 Å². The predicted octanol–water partition coefficient (Wildman–Crippen LogP) is 2.26. The number of halogens is 2. The van der Waals surface area contributed by atoms with E-state index >= 15 is 0 Å². The van der Waals surface area contributed by atoms with E-state index in [-0.39, 0.29) is 11.3 Å². The van der Waals surface area contributed by atoms with Gasteiger partial charge in [-0.15, -0.1) is 0 Å². The first-order chi connectivity index (χ1) is 9.06. The number of carbonyl (C=O) groups excluding carboxylic acids is 2. The van der Waals surface area contributed by atoms with E-state index in [9.17, 15) is 14.0 Å². The first-order valence-corrected chi connectivity index (χ1v) is 5.97. The lowest BCUT2D eigenvalue weighted by Gasteiger charge is -2.05. The molecule has 1 aromatic heterocycles. The minimum Gasteiger partial charge on any atom is -0.444 e. The number of nitrogens with one attached hydrogen (secondary N) is 2. The molecule has 2 amide bonds. The van der Waals surface area contributed by atoms with Gasteiger partial charge in [0.15, 0.2) is 10.4 Å². The Morgan fingerprint density at radius 1 is 1.00 bits per heavy atom. The molecule has 19 heavy (non-hydrogen) atoms. The van der Waals surface area contributed by atoms with E-state index in [2.05, 4.69) is 26.8 Å². The molecule has 2 N–H and O–H groups in total. The van der Waals surface area contributed by atoms with Gasteiger partial charge in [-0.3, -0.25) is 20.4 Å². The maximum absolute atomic E-state index is 12.7. The van der Waals surface area contributed by atoms with Gasteiger partial charge in [0, 0.05) is 5.56 Å². The highest BCUT2D eigenvalue weighted by Crippen LogP contribution is 2.13. The van der Waals surface area contributed by atoms with E-state index < -0.39 is 17.6 Å². The molecule has 0 saturated carbocycles. The number of rotatable bonds is 2. The normalized spacial score (nSPS) is 10.0. The highest BCUT2D eigenvalue weighted by molar-refractivity contribution is 9.10. The molecule has 0 fully saturated rings. The molecule has 0 aliphatic carbocycles. The minimum atomic E-state index is -0.596. The molecular weight excluding hydrogens is 319 g/mol. The van der Waals surface area contributed by atoms with Crippen LogP contribution in [-0.4, -0.2) is 11.8 Å². The summed E-state index contributed by atoms with van der Waals surface area (Å²) in [4.78, 5) is 23.2. The van der Waals surface area contributed by atoms with Gasteiger partial charge in [0.2, 0.25) is 0 Å². The summed E-state index contributed by atoms with van der Waals surface area (Å²) in [6, 6.07) is 7.92. The van der Waals surface area contributed by atoms with Crippen LogP contribution in [0.25, 0.3) is 0 Å². The predicted molar refractivity (Wildman–Crippen MR) is 67.7 cm³/mol. The molecule has 7 heteroatoms. The van der Waals surface area contributed by atoms with Crippen LogP contribution in [0.5, 0.6) is 0 Å². The number of hydrazine groups is 1. The highest BCUT2D eigenvalue weighted by atomic mass is 79.9. The lowest BCUT2D eigenvalue weighted by atomic mass is 10.2. The van der Waals surface area contributed by atoms with E-state index in [4.69, 9.17) is 4.42 Å². The van der Waals surface area contributed by atoms with Crippen LogP contribution in [-0.2, 0) is 0 Å². The van der Waals surface area contributed by atoms with Crippen molar-refractivity contribution in [3.63, 3.8) is 0 Å². The molecular formula is C12H8BrFN2O3. The SMILES string of the molecule is O=C(NNC(=O)c1ccc(Br)o1)c1ccc(F)cc1. The third-order valence-electron chi connectivity index (χ3n) is 2.19. The topological polar surface area (TPSA) is 71.3 Å². The van der Waals surface area contributed by atoms with Crippen molar-refractivity contribution in [2.24, 2.45) is 0 Å². The summed E-state index contributed by atoms with van der Waals surface area (Å²) < 4.78 is 18.1. The van der Waals surface area contributed by atoms with Gasteiger partial charge in [-0.1, -0.05) is 0 Å². The Hall–Kier alpha value is -2.15. The van der Waals surface area contributed by atoms with Crippen LogP contribution in [0.2, 0.25) is 0 Å². The van der Waals surface area contributed by atoms with Crippen LogP contribution < -0.4 is 10.9 Å². The molecule has 0 aliphatic rings. The van der Waals surface area contributed by atoms with Crippen molar-refractivity contribution in [1.82, 2.24) is 10.9 Å². The van der Waals surface area contributed by atoms with Crippen molar-refractivity contribution in [2.45, 2.75) is 0 Å². The van der Waals surface area contributed by atoms with Gasteiger partial charge in [0.05, 0.1) is 0 Å². The summed E-state index contributed by atoms with van der Waals surface area (Å²) in [5.74, 6) is -1.55. The Kier molecular flexibility index (Phi) is 3.96. The summed E-state index contributed by atoms with van der Waals surface area (Å²) >= 11 is 3.05. The molecule has 0 saturated heterocycles. The summed E-state index contributed by atoms with van der Waals surface area (Å²) in [6.45, 7) is 0. The van der Waals surface area contributed by atoms with Gasteiger partial charge in [0.25, 0.3) is 5.91 Å². The number of furan rings is 1. The standard InChI is InChI=1S/C12H8BrFN2O3/c13-10-6-5-9(19-10)12(18)16-15-11(17)7-1-3-8(14)4-2-7/h1-6H,(H,15,17)(H,16,18). The number of hydrogen-bond donors (Lipinski definition) is 2. The number of hydrogen-bond acceptors (Lipinski definition) is 3. The smallest absolute Gasteiger partial charge is 0.305 e. The van der Waals surface area contributed by atoms with E-state index in [0.29, 0.717) is 4.67 Å². The van der Waals surface area contributed by atoms with Gasteiger partial charge >= 0.3 is 5.91 Å². The highest BCUT2D eigenvalue weighted by Gasteiger charge is 2.12. The maximum Gasteiger partial charge on any atom is 0.305 e. The van der Waals surface area contributed by atoms with Gasteiger partial charge in [-0.05, 0) is 52.3 Å². The van der Waals surface area contributed by atoms with Gasteiger partial charge < -0.3 is 4.42 Å². The molecule has 98 valence electrons. The molecule has 5 nitrogen and oxygen atoms in total. The third kappa shape index (κ3) is 3.41. The fourth-order valence-corrected chi connectivity index (χ4v) is 1.59. The molecule has 2 rings (SSSR count). The average molecular weight is 327 g/mol. The Balaban J connectivity index is 1.93. The fraction of sp³-hybridized carbons (Fsp3) is 0. The van der Waals surface area contributed by atoms with Crippen molar-refractivity contribution < 1.29 is 18.4 Å². The molecule has 0 bridgehead atoms. The van der Waals surface area contributed by atoms with Gasteiger partial charge in [0.1, 0.15) is 5.82 Å². The van der Waals surface area contributed by atoms with E-state index in [1.165, 1.54) is 18.2 Å². The number of benzene rings is 1. The molecule has 0 radical (unpaired) electrons. The molecule has 0 spiro atoms. The zero-order valence-electron chi connectivity index (χ0n) is 9.44. The van der Waals surface area contributed by atoms with Crippen LogP contribution >= 0.6 is 15.9 Å². The second kappa shape index (κ2) is 5.66. The first-order valence-electron chi connectivity index (χ1n) is 5.18. The van der Waals surface area contributed by atoms with Gasteiger partial charge in [-0.25, -0.2) is 4.39 Å². The van der Waals surface area contributed by atoms with Crippen molar-refractivity contribution >= 4 is 27.7 Å². The Morgan fingerprint density at radius 2 is 1.63 bits per heavy atom. The van der Waals surface area contributed by atoms with Crippen LogP contribution in [0, 0.1) is 5.82 Å². The Bertz CT molecular complexity index is 610. The van der Waals surface area contributed by atoms with Crippen LogP contribution in [0.3, 0.4) is 0 Å². The quantitative estimate of drug-likeness (QED) is 0.831. The van der Waals surface area contributed by atoms with Crippen molar-refractivity contribution in [2.75, 3.05) is 0 Å². The zero-order chi connectivity index (χ0) is 13.8. The van der Waals surface area contributed by atoms with Crippen molar-refractivity contribution in [3.8, 4) is 0 Å². The minimum absolute atomic E-state index is 0.0475. The Labute approximate surface area is 115 Å². The third-order valence-corrected chi connectivity index (χ3v) is 2.62. The zero-order valence-corrected chi connectivity index (χ0v) is 11.0. The van der Waals surface area contributed by atoms with Crippen LogP contribution in [0.15, 0.2) is 45.5 Å². The summed E-state index contributed by atoms with van der Waals surface area (Å²) in [7, 11) is 0. The monoisotopic (exact) mass is 326 g/mol. The van der Waals surface area contributed by atoms with Crippen molar-refractivity contribution in [1.29, 1.82) is 0 Å². The molecule has 0 aliphatic heterocycles. The second-order valence-corrected chi connectivity index (χ2v) is 4.30. The molecule has 0 unspecified atom stereocenters. The van der Waals surface area contributed by atoms with E-state index in [1.807, 2.05) is 0 Å². The van der Waals surface area contributed by atoms with E-state index in [1.54, 1.807) is 6.07 Å². The lowest BCUT2D eigenvalue weighted by molar-refractivity contribution is 0.0830. The number of amides is 2. The summed E-state index contributed by atoms with van der Waals surface area (Å²) in [5, 5.41) is 0. The molecule has 1 aromatic carbocycles. The summed E-state index contributed by atoms with van der Waals surface area (Å²) in [6.07, 6.45) is 0. The molecule has 2 aromatic rings. The van der Waals surface area contributed by atoms with E-state index in [0.717, 1.165) is 12.1 Å². The molecule has 0 atom stereocenters. The largest absolute Gasteiger partial charge is 0.444 e.